The number of benzene rings is 1. The molecule has 2 nitrogen and oxygen atoms in total. The van der Waals surface area contributed by atoms with Gasteiger partial charge < -0.3 is 5.73 Å². The van der Waals surface area contributed by atoms with Gasteiger partial charge in [-0.3, -0.25) is 4.90 Å². The van der Waals surface area contributed by atoms with E-state index in [1.807, 2.05) is 6.07 Å². The smallest absolute Gasteiger partial charge is 0.124 e. The first-order valence-electron chi connectivity index (χ1n) is 6.77. The number of halogens is 1. The molecule has 1 aliphatic rings. The summed E-state index contributed by atoms with van der Waals surface area (Å²) in [4.78, 5) is 2.63. The monoisotopic (exact) mass is 280 g/mol. The second kappa shape index (κ2) is 5.97. The number of rotatable bonds is 4. The van der Waals surface area contributed by atoms with E-state index in [1.54, 1.807) is 6.07 Å². The summed E-state index contributed by atoms with van der Waals surface area (Å²) in [6.45, 7) is 7.48. The van der Waals surface area contributed by atoms with Gasteiger partial charge in [0.25, 0.3) is 0 Å². The van der Waals surface area contributed by atoms with Crippen LogP contribution in [0.2, 0.25) is 0 Å². The number of hydrogen-bond acceptors (Lipinski definition) is 2. The lowest BCUT2D eigenvalue weighted by molar-refractivity contribution is 0.296. The minimum absolute atomic E-state index is 0.252. The third-order valence-corrected chi connectivity index (χ3v) is 4.14. The van der Waals surface area contributed by atoms with Gasteiger partial charge in [0, 0.05) is 18.7 Å². The molecule has 0 saturated carbocycles. The van der Waals surface area contributed by atoms with E-state index in [4.69, 9.17) is 18.0 Å². The van der Waals surface area contributed by atoms with Gasteiger partial charge in [0.1, 0.15) is 10.8 Å². The van der Waals surface area contributed by atoms with Gasteiger partial charge in [0.05, 0.1) is 0 Å². The average molecular weight is 280 g/mol. The summed E-state index contributed by atoms with van der Waals surface area (Å²) < 4.78 is 13.5. The molecule has 0 bridgehead atoms. The highest BCUT2D eigenvalue weighted by atomic mass is 32.1. The van der Waals surface area contributed by atoms with Crippen molar-refractivity contribution in [3.05, 3.63) is 35.1 Å². The van der Waals surface area contributed by atoms with Crippen LogP contribution in [0.15, 0.2) is 18.2 Å². The summed E-state index contributed by atoms with van der Waals surface area (Å²) in [6.07, 6.45) is 1.23. The van der Waals surface area contributed by atoms with Crippen LogP contribution >= 0.6 is 12.2 Å². The predicted octanol–water partition coefficient (Wildman–Crippen LogP) is 2.94. The highest BCUT2D eigenvalue weighted by molar-refractivity contribution is 7.80. The Morgan fingerprint density at radius 2 is 2.21 bits per heavy atom. The molecule has 1 aromatic rings. The zero-order valence-electron chi connectivity index (χ0n) is 11.5. The fourth-order valence-corrected chi connectivity index (χ4v) is 2.81. The van der Waals surface area contributed by atoms with Crippen molar-refractivity contribution in [3.63, 3.8) is 0 Å². The summed E-state index contributed by atoms with van der Waals surface area (Å²) >= 11 is 4.91. The molecule has 2 N–H and O–H groups in total. The Bertz CT molecular complexity index is 473. The minimum atomic E-state index is -0.264. The van der Waals surface area contributed by atoms with Crippen LogP contribution in [-0.4, -0.2) is 23.0 Å². The summed E-state index contributed by atoms with van der Waals surface area (Å²) in [5.74, 6) is 1.20. The van der Waals surface area contributed by atoms with Crippen LogP contribution in [0.5, 0.6) is 0 Å². The molecule has 0 aromatic heterocycles. The molecule has 0 radical (unpaired) electrons. The summed E-state index contributed by atoms with van der Waals surface area (Å²) in [5.41, 5.74) is 7.14. The fraction of sp³-hybridized carbons (Fsp3) is 0.533. The third-order valence-electron chi connectivity index (χ3n) is 3.90. The van der Waals surface area contributed by atoms with Crippen LogP contribution in [0.3, 0.4) is 0 Å². The molecule has 1 unspecified atom stereocenters. The molecule has 4 heteroatoms. The zero-order valence-corrected chi connectivity index (χ0v) is 12.3. The summed E-state index contributed by atoms with van der Waals surface area (Å²) in [7, 11) is 0. The lowest BCUT2D eigenvalue weighted by atomic mass is 9.95. The van der Waals surface area contributed by atoms with Gasteiger partial charge >= 0.3 is 0 Å². The largest absolute Gasteiger partial charge is 0.389 e. The Kier molecular flexibility index (Phi) is 4.53. The lowest BCUT2D eigenvalue weighted by Crippen LogP contribution is -2.22. The van der Waals surface area contributed by atoms with Crippen molar-refractivity contribution < 1.29 is 4.39 Å². The van der Waals surface area contributed by atoms with Crippen molar-refractivity contribution in [3.8, 4) is 0 Å². The number of hydrogen-bond donors (Lipinski definition) is 1. The van der Waals surface area contributed by atoms with E-state index in [0.717, 1.165) is 31.1 Å². The highest BCUT2D eigenvalue weighted by Crippen LogP contribution is 2.25. The maximum Gasteiger partial charge on any atom is 0.124 e. The second-order valence-electron chi connectivity index (χ2n) is 5.74. The van der Waals surface area contributed by atoms with E-state index in [9.17, 15) is 4.39 Å². The van der Waals surface area contributed by atoms with Crippen LogP contribution < -0.4 is 5.73 Å². The van der Waals surface area contributed by atoms with Gasteiger partial charge in [-0.25, -0.2) is 4.39 Å². The van der Waals surface area contributed by atoms with E-state index in [2.05, 4.69) is 18.7 Å². The van der Waals surface area contributed by atoms with Crippen molar-refractivity contribution in [1.82, 2.24) is 4.90 Å². The highest BCUT2D eigenvalue weighted by Gasteiger charge is 2.24. The molecule has 1 aromatic carbocycles. The average Bonchev–Trinajstić information content (AvgIpc) is 2.76. The zero-order chi connectivity index (χ0) is 14.0. The van der Waals surface area contributed by atoms with Gasteiger partial charge in [0.2, 0.25) is 0 Å². The standard InChI is InChI=1S/C15H21FN2S/c1-10(2)12-3-4-18(9-12)8-11-5-13(15(17)19)7-14(16)6-11/h5-7,10,12H,3-4,8-9H2,1-2H3,(H2,17,19). The molecule has 1 atom stereocenters. The molecule has 1 heterocycles. The Hall–Kier alpha value is -1.00. The predicted molar refractivity (Wildman–Crippen MR) is 80.5 cm³/mol. The first-order chi connectivity index (χ1) is 8.95. The van der Waals surface area contributed by atoms with Crippen LogP contribution in [0.25, 0.3) is 0 Å². The van der Waals surface area contributed by atoms with Gasteiger partial charge in [-0.1, -0.05) is 26.1 Å². The van der Waals surface area contributed by atoms with Crippen molar-refractivity contribution in [2.45, 2.75) is 26.8 Å². The Balaban J connectivity index is 2.06. The van der Waals surface area contributed by atoms with Gasteiger partial charge in [-0.15, -0.1) is 0 Å². The van der Waals surface area contributed by atoms with Crippen LogP contribution in [0.4, 0.5) is 4.39 Å². The molecule has 0 spiro atoms. The van der Waals surface area contributed by atoms with E-state index >= 15 is 0 Å². The SMILES string of the molecule is CC(C)C1CCN(Cc2cc(F)cc(C(N)=S)c2)C1. The van der Waals surface area contributed by atoms with E-state index in [0.29, 0.717) is 11.5 Å². The van der Waals surface area contributed by atoms with Crippen LogP contribution in [0, 0.1) is 17.7 Å². The molecule has 0 aliphatic carbocycles. The minimum Gasteiger partial charge on any atom is -0.389 e. The molecular weight excluding hydrogens is 259 g/mol. The molecule has 104 valence electrons. The van der Waals surface area contributed by atoms with E-state index < -0.39 is 0 Å². The molecule has 1 saturated heterocycles. The number of nitrogens with zero attached hydrogens (tertiary/aromatic N) is 1. The number of likely N-dealkylation sites (tertiary alicyclic amines) is 1. The normalized spacial score (nSPS) is 20.1. The molecule has 0 amide bonds. The first-order valence-corrected chi connectivity index (χ1v) is 7.18. The molecule has 1 fully saturated rings. The van der Waals surface area contributed by atoms with E-state index in [1.165, 1.54) is 12.5 Å². The Labute approximate surface area is 119 Å². The fourth-order valence-electron chi connectivity index (χ4n) is 2.69. The van der Waals surface area contributed by atoms with Crippen molar-refractivity contribution in [1.29, 1.82) is 0 Å². The first kappa shape index (κ1) is 14.4. The molecular formula is C15H21FN2S. The van der Waals surface area contributed by atoms with Gasteiger partial charge in [-0.05, 0) is 48.6 Å². The lowest BCUT2D eigenvalue weighted by Gasteiger charge is -2.18. The molecule has 1 aliphatic heterocycles. The summed E-state index contributed by atoms with van der Waals surface area (Å²) in [6, 6.07) is 4.87. The van der Waals surface area contributed by atoms with Crippen LogP contribution in [-0.2, 0) is 6.54 Å². The third kappa shape index (κ3) is 3.74. The number of nitrogens with two attached hydrogens (primary N) is 1. The van der Waals surface area contributed by atoms with Gasteiger partial charge in [0.15, 0.2) is 0 Å². The summed E-state index contributed by atoms with van der Waals surface area (Å²) in [5, 5.41) is 0. The van der Waals surface area contributed by atoms with Crippen LogP contribution in [0.1, 0.15) is 31.4 Å². The van der Waals surface area contributed by atoms with Crippen molar-refractivity contribution >= 4 is 17.2 Å². The maximum absolute atomic E-state index is 13.5. The number of thiocarbonyl (C=S) groups is 1. The quantitative estimate of drug-likeness (QED) is 0.860. The van der Waals surface area contributed by atoms with Gasteiger partial charge in [-0.2, -0.15) is 0 Å². The molecule has 2 rings (SSSR count). The second-order valence-corrected chi connectivity index (χ2v) is 6.18. The Morgan fingerprint density at radius 1 is 1.47 bits per heavy atom. The maximum atomic E-state index is 13.5. The topological polar surface area (TPSA) is 29.3 Å². The van der Waals surface area contributed by atoms with Crippen molar-refractivity contribution in [2.24, 2.45) is 17.6 Å². The van der Waals surface area contributed by atoms with E-state index in [-0.39, 0.29) is 10.8 Å². The van der Waals surface area contributed by atoms with Crippen molar-refractivity contribution in [2.75, 3.05) is 13.1 Å². The Morgan fingerprint density at radius 3 is 2.79 bits per heavy atom. The molecule has 19 heavy (non-hydrogen) atoms.